The average Bonchev–Trinajstić information content (AvgIpc) is 2.42. The summed E-state index contributed by atoms with van der Waals surface area (Å²) in [6.45, 7) is 2.49. The second-order valence-corrected chi connectivity index (χ2v) is 4.98. The molecule has 0 N–H and O–H groups in total. The van der Waals surface area contributed by atoms with Gasteiger partial charge in [0.15, 0.2) is 0 Å². The van der Waals surface area contributed by atoms with E-state index in [4.69, 9.17) is 10.00 Å². The molecule has 0 aromatic rings. The molecule has 1 saturated carbocycles. The smallest absolute Gasteiger partial charge is 0.149 e. The lowest BCUT2D eigenvalue weighted by molar-refractivity contribution is -0.125. The highest BCUT2D eigenvalue weighted by Crippen LogP contribution is 2.24. The van der Waals surface area contributed by atoms with Gasteiger partial charge in [-0.25, -0.2) is 0 Å². The van der Waals surface area contributed by atoms with Crippen molar-refractivity contribution in [2.75, 3.05) is 33.4 Å². The zero-order chi connectivity index (χ0) is 13.2. The fraction of sp³-hybridized carbons (Fsp3) is 0.857. The highest BCUT2D eigenvalue weighted by atomic mass is 16.5. The molecule has 0 aromatic carbocycles. The van der Waals surface area contributed by atoms with Gasteiger partial charge in [0.2, 0.25) is 0 Å². The third-order valence-electron chi connectivity index (χ3n) is 3.59. The van der Waals surface area contributed by atoms with E-state index in [0.717, 1.165) is 19.4 Å². The quantitative estimate of drug-likeness (QED) is 0.663. The Morgan fingerprint density at radius 1 is 1.33 bits per heavy atom. The molecule has 0 spiro atoms. The SMILES string of the molecule is COCCN(CCC#N)CC(=O)C1CCCCC1. The molecule has 0 bridgehead atoms. The average molecular weight is 252 g/mol. The zero-order valence-electron chi connectivity index (χ0n) is 11.4. The van der Waals surface area contributed by atoms with Crippen molar-refractivity contribution in [1.82, 2.24) is 4.90 Å². The molecule has 0 unspecified atom stereocenters. The largest absolute Gasteiger partial charge is 0.383 e. The van der Waals surface area contributed by atoms with Gasteiger partial charge in [0.1, 0.15) is 5.78 Å². The zero-order valence-corrected chi connectivity index (χ0v) is 11.4. The lowest BCUT2D eigenvalue weighted by Crippen LogP contribution is -2.36. The Bertz CT molecular complexity index is 280. The molecule has 1 rings (SSSR count). The number of nitrogens with zero attached hydrogens (tertiary/aromatic N) is 2. The van der Waals surface area contributed by atoms with Crippen LogP contribution in [0.1, 0.15) is 38.5 Å². The maximum atomic E-state index is 12.2. The highest BCUT2D eigenvalue weighted by Gasteiger charge is 2.22. The van der Waals surface area contributed by atoms with Gasteiger partial charge >= 0.3 is 0 Å². The molecule has 0 heterocycles. The number of carbonyl (C=O) groups excluding carboxylic acids is 1. The highest BCUT2D eigenvalue weighted by molar-refractivity contribution is 5.83. The summed E-state index contributed by atoms with van der Waals surface area (Å²) in [5.74, 6) is 0.606. The van der Waals surface area contributed by atoms with Gasteiger partial charge in [-0.1, -0.05) is 19.3 Å². The molecule has 0 aromatic heterocycles. The van der Waals surface area contributed by atoms with Crippen LogP contribution in [-0.4, -0.2) is 44.0 Å². The van der Waals surface area contributed by atoms with Crippen molar-refractivity contribution in [3.8, 4) is 6.07 Å². The van der Waals surface area contributed by atoms with E-state index < -0.39 is 0 Å². The van der Waals surface area contributed by atoms with E-state index in [1.54, 1.807) is 7.11 Å². The van der Waals surface area contributed by atoms with E-state index in [0.29, 0.717) is 31.9 Å². The standard InChI is InChI=1S/C14H24N2O2/c1-18-11-10-16(9-5-8-15)12-14(17)13-6-3-2-4-7-13/h13H,2-7,9-12H2,1H3. The number of ketones is 1. The predicted octanol–water partition coefficient (Wildman–Crippen LogP) is 2.00. The van der Waals surface area contributed by atoms with Crippen molar-refractivity contribution < 1.29 is 9.53 Å². The predicted molar refractivity (Wildman–Crippen MR) is 70.1 cm³/mol. The van der Waals surface area contributed by atoms with Crippen molar-refractivity contribution in [1.29, 1.82) is 5.26 Å². The Kier molecular flexibility index (Phi) is 7.63. The molecule has 4 nitrogen and oxygen atoms in total. The Morgan fingerprint density at radius 2 is 2.06 bits per heavy atom. The summed E-state index contributed by atoms with van der Waals surface area (Å²) in [6, 6.07) is 2.13. The lowest BCUT2D eigenvalue weighted by atomic mass is 9.86. The number of nitriles is 1. The number of methoxy groups -OCH3 is 1. The molecule has 1 aliphatic carbocycles. The van der Waals surface area contributed by atoms with E-state index in [9.17, 15) is 4.79 Å². The van der Waals surface area contributed by atoms with Crippen LogP contribution in [0.25, 0.3) is 0 Å². The summed E-state index contributed by atoms with van der Waals surface area (Å²) in [5, 5.41) is 8.63. The van der Waals surface area contributed by atoms with Crippen LogP contribution in [-0.2, 0) is 9.53 Å². The van der Waals surface area contributed by atoms with E-state index >= 15 is 0 Å². The molecular weight excluding hydrogens is 228 g/mol. The second-order valence-electron chi connectivity index (χ2n) is 4.98. The van der Waals surface area contributed by atoms with Crippen molar-refractivity contribution in [3.63, 3.8) is 0 Å². The maximum absolute atomic E-state index is 12.2. The van der Waals surface area contributed by atoms with Crippen LogP contribution in [0.2, 0.25) is 0 Å². The molecule has 18 heavy (non-hydrogen) atoms. The van der Waals surface area contributed by atoms with Gasteiger partial charge < -0.3 is 4.74 Å². The molecule has 1 fully saturated rings. The molecule has 0 radical (unpaired) electrons. The molecule has 0 atom stereocenters. The van der Waals surface area contributed by atoms with Crippen molar-refractivity contribution >= 4 is 5.78 Å². The summed E-state index contributed by atoms with van der Waals surface area (Å²) >= 11 is 0. The number of ether oxygens (including phenoxy) is 1. The fourth-order valence-corrected chi connectivity index (χ4v) is 2.47. The van der Waals surface area contributed by atoms with Crippen LogP contribution in [0.4, 0.5) is 0 Å². The Balaban J connectivity index is 2.37. The first kappa shape index (κ1) is 15.1. The normalized spacial score (nSPS) is 16.7. The van der Waals surface area contributed by atoms with Gasteiger partial charge in [-0.3, -0.25) is 9.69 Å². The molecule has 4 heteroatoms. The van der Waals surface area contributed by atoms with Gasteiger partial charge in [-0.15, -0.1) is 0 Å². The molecule has 1 aliphatic rings. The molecule has 0 saturated heterocycles. The summed E-state index contributed by atoms with van der Waals surface area (Å²) in [7, 11) is 1.66. The van der Waals surface area contributed by atoms with Gasteiger partial charge in [-0.05, 0) is 12.8 Å². The first-order valence-corrected chi connectivity index (χ1v) is 6.89. The minimum Gasteiger partial charge on any atom is -0.383 e. The maximum Gasteiger partial charge on any atom is 0.149 e. The Hall–Kier alpha value is -0.920. The van der Waals surface area contributed by atoms with E-state index in [1.165, 1.54) is 19.3 Å². The van der Waals surface area contributed by atoms with Crippen molar-refractivity contribution in [3.05, 3.63) is 0 Å². The molecule has 102 valence electrons. The second kappa shape index (κ2) is 9.07. The first-order chi connectivity index (χ1) is 8.77. The Labute approximate surface area is 110 Å². The number of rotatable bonds is 8. The molecule has 0 aliphatic heterocycles. The van der Waals surface area contributed by atoms with Gasteiger partial charge in [0.25, 0.3) is 0 Å². The monoisotopic (exact) mass is 252 g/mol. The fourth-order valence-electron chi connectivity index (χ4n) is 2.47. The topological polar surface area (TPSA) is 53.3 Å². The van der Waals surface area contributed by atoms with E-state index in [1.807, 2.05) is 4.90 Å². The van der Waals surface area contributed by atoms with Crippen LogP contribution in [0.15, 0.2) is 0 Å². The summed E-state index contributed by atoms with van der Waals surface area (Å²) in [5.41, 5.74) is 0. The van der Waals surface area contributed by atoms with E-state index in [2.05, 4.69) is 6.07 Å². The van der Waals surface area contributed by atoms with Gasteiger partial charge in [0.05, 0.1) is 19.2 Å². The van der Waals surface area contributed by atoms with Crippen molar-refractivity contribution in [2.45, 2.75) is 38.5 Å². The van der Waals surface area contributed by atoms with Crippen LogP contribution >= 0.6 is 0 Å². The van der Waals surface area contributed by atoms with Crippen molar-refractivity contribution in [2.24, 2.45) is 5.92 Å². The minimum atomic E-state index is 0.255. The number of hydrogen-bond donors (Lipinski definition) is 0. The summed E-state index contributed by atoms with van der Waals surface area (Å²) < 4.78 is 5.04. The van der Waals surface area contributed by atoms with Gasteiger partial charge in [-0.2, -0.15) is 5.26 Å². The Morgan fingerprint density at radius 3 is 2.67 bits per heavy atom. The van der Waals surface area contributed by atoms with Crippen LogP contribution in [0.5, 0.6) is 0 Å². The van der Waals surface area contributed by atoms with E-state index in [-0.39, 0.29) is 5.92 Å². The minimum absolute atomic E-state index is 0.255. The van der Waals surface area contributed by atoms with Gasteiger partial charge in [0, 0.05) is 32.5 Å². The van der Waals surface area contributed by atoms with Crippen LogP contribution < -0.4 is 0 Å². The van der Waals surface area contributed by atoms with Crippen LogP contribution in [0, 0.1) is 17.2 Å². The molecular formula is C14H24N2O2. The first-order valence-electron chi connectivity index (χ1n) is 6.89. The number of carbonyl (C=O) groups is 1. The summed E-state index contributed by atoms with van der Waals surface area (Å²) in [6.07, 6.45) is 6.22. The lowest BCUT2D eigenvalue weighted by Gasteiger charge is -2.25. The third-order valence-corrected chi connectivity index (χ3v) is 3.59. The molecule has 0 amide bonds. The number of Topliss-reactive ketones (excluding diaryl/α,β-unsaturated/α-hetero) is 1. The third kappa shape index (κ3) is 5.61. The van der Waals surface area contributed by atoms with Crippen LogP contribution in [0.3, 0.4) is 0 Å². The number of hydrogen-bond acceptors (Lipinski definition) is 4. The summed E-state index contributed by atoms with van der Waals surface area (Å²) in [4.78, 5) is 14.2.